The molecule has 0 spiro atoms. The maximum absolute atomic E-state index is 11.1. The molecule has 0 saturated carbocycles. The molecule has 0 bridgehead atoms. The minimum atomic E-state index is -1.04. The van der Waals surface area contributed by atoms with E-state index in [-0.39, 0.29) is 5.56 Å². The SMILES string of the molecule is N#Cc1c(Br)cccc1Sc1ncccc1C(=O)O. The van der Waals surface area contributed by atoms with Gasteiger partial charge >= 0.3 is 5.97 Å². The topological polar surface area (TPSA) is 74.0 Å². The Labute approximate surface area is 122 Å². The van der Waals surface area contributed by atoms with Gasteiger partial charge in [0, 0.05) is 15.6 Å². The lowest BCUT2D eigenvalue weighted by atomic mass is 10.2. The second-order valence-electron chi connectivity index (χ2n) is 3.49. The Hall–Kier alpha value is -1.84. The normalized spacial score (nSPS) is 9.89. The van der Waals surface area contributed by atoms with E-state index in [9.17, 15) is 4.79 Å². The van der Waals surface area contributed by atoms with E-state index in [1.165, 1.54) is 12.3 Å². The standard InChI is InChI=1S/C13H7BrN2O2S/c14-10-4-1-5-11(9(10)7-15)19-12-8(13(17)18)3-2-6-16-12/h1-6H,(H,17,18). The molecule has 0 aliphatic rings. The molecule has 2 aromatic rings. The van der Waals surface area contributed by atoms with Crippen LogP contribution in [-0.2, 0) is 0 Å². The first-order chi connectivity index (χ1) is 9.13. The largest absolute Gasteiger partial charge is 0.478 e. The van der Waals surface area contributed by atoms with E-state index >= 15 is 0 Å². The summed E-state index contributed by atoms with van der Waals surface area (Å²) in [7, 11) is 0. The third kappa shape index (κ3) is 2.95. The first-order valence-electron chi connectivity index (χ1n) is 5.18. The van der Waals surface area contributed by atoms with Crippen LogP contribution < -0.4 is 0 Å². The van der Waals surface area contributed by atoms with Crippen LogP contribution in [0.2, 0.25) is 0 Å². The number of pyridine rings is 1. The van der Waals surface area contributed by atoms with E-state index in [0.29, 0.717) is 20.0 Å². The Balaban J connectivity index is 2.46. The zero-order valence-electron chi connectivity index (χ0n) is 9.50. The Morgan fingerprint density at radius 1 is 1.37 bits per heavy atom. The molecule has 6 heteroatoms. The fraction of sp³-hybridized carbons (Fsp3) is 0. The van der Waals surface area contributed by atoms with Gasteiger partial charge < -0.3 is 5.11 Å². The third-order valence-corrected chi connectivity index (χ3v) is 4.04. The molecule has 4 nitrogen and oxygen atoms in total. The molecule has 0 aliphatic carbocycles. The summed E-state index contributed by atoms with van der Waals surface area (Å²) in [5, 5.41) is 18.6. The highest BCUT2D eigenvalue weighted by atomic mass is 79.9. The highest BCUT2D eigenvalue weighted by Gasteiger charge is 2.14. The van der Waals surface area contributed by atoms with Gasteiger partial charge in [0.25, 0.3) is 0 Å². The molecule has 0 radical (unpaired) electrons. The molecule has 19 heavy (non-hydrogen) atoms. The zero-order chi connectivity index (χ0) is 13.8. The summed E-state index contributed by atoms with van der Waals surface area (Å²) in [5.74, 6) is -1.04. The van der Waals surface area contributed by atoms with Crippen molar-refractivity contribution in [3.05, 3.63) is 52.1 Å². The molecule has 0 amide bonds. The second-order valence-corrected chi connectivity index (χ2v) is 5.37. The van der Waals surface area contributed by atoms with Gasteiger partial charge in [0.15, 0.2) is 0 Å². The Bertz CT molecular complexity index is 683. The van der Waals surface area contributed by atoms with E-state index in [1.54, 1.807) is 24.3 Å². The van der Waals surface area contributed by atoms with Gasteiger partial charge in [0.2, 0.25) is 0 Å². The van der Waals surface area contributed by atoms with E-state index in [2.05, 4.69) is 27.0 Å². The van der Waals surface area contributed by atoms with E-state index in [0.717, 1.165) is 11.8 Å². The van der Waals surface area contributed by atoms with Gasteiger partial charge in [0.1, 0.15) is 11.1 Å². The summed E-state index contributed by atoms with van der Waals surface area (Å²) in [6.07, 6.45) is 1.53. The number of nitrogens with zero attached hydrogens (tertiary/aromatic N) is 2. The summed E-state index contributed by atoms with van der Waals surface area (Å²) < 4.78 is 0.674. The van der Waals surface area contributed by atoms with Gasteiger partial charge in [-0.3, -0.25) is 0 Å². The van der Waals surface area contributed by atoms with Crippen molar-refractivity contribution in [2.45, 2.75) is 9.92 Å². The van der Waals surface area contributed by atoms with Crippen LogP contribution >= 0.6 is 27.7 Å². The van der Waals surface area contributed by atoms with E-state index in [4.69, 9.17) is 10.4 Å². The monoisotopic (exact) mass is 334 g/mol. The van der Waals surface area contributed by atoms with Crippen molar-refractivity contribution in [2.24, 2.45) is 0 Å². The number of rotatable bonds is 3. The molecule has 1 heterocycles. The highest BCUT2D eigenvalue weighted by molar-refractivity contribution is 9.10. The van der Waals surface area contributed by atoms with Crippen molar-refractivity contribution in [3.63, 3.8) is 0 Å². The van der Waals surface area contributed by atoms with Crippen LogP contribution in [0.1, 0.15) is 15.9 Å². The maximum Gasteiger partial charge on any atom is 0.338 e. The van der Waals surface area contributed by atoms with Gasteiger partial charge in [-0.25, -0.2) is 9.78 Å². The van der Waals surface area contributed by atoms with Gasteiger partial charge in [-0.05, 0) is 40.2 Å². The number of aromatic nitrogens is 1. The molecular weight excluding hydrogens is 328 g/mol. The summed E-state index contributed by atoms with van der Waals surface area (Å²) in [6, 6.07) is 10.5. The van der Waals surface area contributed by atoms with Crippen molar-refractivity contribution in [2.75, 3.05) is 0 Å². The van der Waals surface area contributed by atoms with Gasteiger partial charge in [0.05, 0.1) is 11.1 Å². The van der Waals surface area contributed by atoms with Gasteiger partial charge in [-0.2, -0.15) is 5.26 Å². The molecule has 0 saturated heterocycles. The fourth-order valence-corrected chi connectivity index (χ4v) is 3.01. The summed E-state index contributed by atoms with van der Waals surface area (Å²) >= 11 is 4.46. The van der Waals surface area contributed by atoms with Gasteiger partial charge in [-0.1, -0.05) is 17.8 Å². The molecule has 0 aliphatic heterocycles. The van der Waals surface area contributed by atoms with Crippen LogP contribution in [0, 0.1) is 11.3 Å². The number of hydrogen-bond donors (Lipinski definition) is 1. The molecule has 2 rings (SSSR count). The average Bonchev–Trinajstić information content (AvgIpc) is 2.39. The van der Waals surface area contributed by atoms with Crippen molar-refractivity contribution in [3.8, 4) is 6.07 Å². The number of carboxylic acid groups (broad SMARTS) is 1. The molecular formula is C13H7BrN2O2S. The zero-order valence-corrected chi connectivity index (χ0v) is 11.9. The van der Waals surface area contributed by atoms with Crippen molar-refractivity contribution in [1.29, 1.82) is 5.26 Å². The van der Waals surface area contributed by atoms with Crippen LogP contribution in [0.3, 0.4) is 0 Å². The van der Waals surface area contributed by atoms with Crippen LogP contribution in [0.5, 0.6) is 0 Å². The predicted molar refractivity (Wildman–Crippen MR) is 74.2 cm³/mol. The molecule has 0 fully saturated rings. The lowest BCUT2D eigenvalue weighted by Crippen LogP contribution is -2.00. The minimum Gasteiger partial charge on any atom is -0.478 e. The minimum absolute atomic E-state index is 0.122. The molecule has 94 valence electrons. The lowest BCUT2D eigenvalue weighted by molar-refractivity contribution is 0.0692. The fourth-order valence-electron chi connectivity index (χ4n) is 1.44. The number of carbonyl (C=O) groups is 1. The molecule has 0 atom stereocenters. The number of halogens is 1. The van der Waals surface area contributed by atoms with E-state index < -0.39 is 5.97 Å². The van der Waals surface area contributed by atoms with Crippen molar-refractivity contribution in [1.82, 2.24) is 4.98 Å². The molecule has 1 aromatic heterocycles. The van der Waals surface area contributed by atoms with Crippen LogP contribution in [0.4, 0.5) is 0 Å². The lowest BCUT2D eigenvalue weighted by Gasteiger charge is -2.06. The van der Waals surface area contributed by atoms with Crippen LogP contribution in [-0.4, -0.2) is 16.1 Å². The first-order valence-corrected chi connectivity index (χ1v) is 6.79. The second kappa shape index (κ2) is 5.87. The third-order valence-electron chi connectivity index (χ3n) is 2.30. The first kappa shape index (κ1) is 13.6. The maximum atomic E-state index is 11.1. The summed E-state index contributed by atoms with van der Waals surface area (Å²) in [5.41, 5.74) is 0.589. The Morgan fingerprint density at radius 2 is 2.16 bits per heavy atom. The molecule has 1 aromatic carbocycles. The van der Waals surface area contributed by atoms with Crippen LogP contribution in [0.25, 0.3) is 0 Å². The molecule has 0 unspecified atom stereocenters. The van der Waals surface area contributed by atoms with Gasteiger partial charge in [-0.15, -0.1) is 0 Å². The van der Waals surface area contributed by atoms with Crippen molar-refractivity contribution < 1.29 is 9.90 Å². The average molecular weight is 335 g/mol. The summed E-state index contributed by atoms with van der Waals surface area (Å²) in [6.45, 7) is 0. The quantitative estimate of drug-likeness (QED) is 0.928. The number of nitriles is 1. The number of carboxylic acids is 1. The number of benzene rings is 1. The highest BCUT2D eigenvalue weighted by Crippen LogP contribution is 2.33. The van der Waals surface area contributed by atoms with Crippen LogP contribution in [0.15, 0.2) is 50.9 Å². The predicted octanol–water partition coefficient (Wildman–Crippen LogP) is 3.57. The van der Waals surface area contributed by atoms with E-state index in [1.807, 2.05) is 0 Å². The number of aromatic carboxylic acids is 1. The molecule has 1 N–H and O–H groups in total. The van der Waals surface area contributed by atoms with Crippen molar-refractivity contribution >= 4 is 33.7 Å². The number of hydrogen-bond acceptors (Lipinski definition) is 4. The smallest absolute Gasteiger partial charge is 0.338 e. The Kier molecular flexibility index (Phi) is 4.20. The Morgan fingerprint density at radius 3 is 2.84 bits per heavy atom. The summed E-state index contributed by atoms with van der Waals surface area (Å²) in [4.78, 5) is 15.8.